The maximum atomic E-state index is 11.3. The van der Waals surface area contributed by atoms with Crippen LogP contribution >= 0.6 is 0 Å². The van der Waals surface area contributed by atoms with E-state index in [2.05, 4.69) is 22.0 Å². The van der Waals surface area contributed by atoms with Crippen molar-refractivity contribution in [2.75, 3.05) is 12.4 Å². The molecule has 4 nitrogen and oxygen atoms in total. The van der Waals surface area contributed by atoms with Gasteiger partial charge in [-0.3, -0.25) is 0 Å². The standard InChI is InChI=1S/C11H14N2O2/c1-7-5-9(7)13-10-6-8(3-4-12-10)11(14)15-2/h3-4,6-7,9H,5H2,1-2H3,(H,12,13). The summed E-state index contributed by atoms with van der Waals surface area (Å²) in [6.45, 7) is 2.18. The van der Waals surface area contributed by atoms with E-state index in [1.807, 2.05) is 0 Å². The molecule has 0 amide bonds. The van der Waals surface area contributed by atoms with Crippen LogP contribution in [0.5, 0.6) is 0 Å². The molecule has 1 heterocycles. The number of carbonyl (C=O) groups is 1. The van der Waals surface area contributed by atoms with E-state index in [0.29, 0.717) is 17.5 Å². The van der Waals surface area contributed by atoms with E-state index in [1.54, 1.807) is 18.3 Å². The van der Waals surface area contributed by atoms with Gasteiger partial charge in [0.2, 0.25) is 0 Å². The number of hydrogen-bond acceptors (Lipinski definition) is 4. The number of anilines is 1. The summed E-state index contributed by atoms with van der Waals surface area (Å²) in [7, 11) is 1.37. The molecule has 0 spiro atoms. The first-order chi connectivity index (χ1) is 7.20. The topological polar surface area (TPSA) is 51.2 Å². The van der Waals surface area contributed by atoms with Crippen LogP contribution in [-0.4, -0.2) is 24.1 Å². The first-order valence-corrected chi connectivity index (χ1v) is 5.01. The van der Waals surface area contributed by atoms with Gasteiger partial charge in [-0.15, -0.1) is 0 Å². The Bertz CT molecular complexity index is 379. The largest absolute Gasteiger partial charge is 0.465 e. The van der Waals surface area contributed by atoms with Gasteiger partial charge in [0.15, 0.2) is 0 Å². The monoisotopic (exact) mass is 206 g/mol. The molecule has 1 fully saturated rings. The van der Waals surface area contributed by atoms with Crippen molar-refractivity contribution in [2.45, 2.75) is 19.4 Å². The molecule has 0 aliphatic heterocycles. The summed E-state index contributed by atoms with van der Waals surface area (Å²) >= 11 is 0. The van der Waals surface area contributed by atoms with Crippen molar-refractivity contribution in [1.29, 1.82) is 0 Å². The van der Waals surface area contributed by atoms with Gasteiger partial charge in [-0.2, -0.15) is 0 Å². The van der Waals surface area contributed by atoms with Crippen molar-refractivity contribution < 1.29 is 9.53 Å². The van der Waals surface area contributed by atoms with Crippen molar-refractivity contribution in [3.05, 3.63) is 23.9 Å². The number of hydrogen-bond donors (Lipinski definition) is 1. The van der Waals surface area contributed by atoms with Crippen LogP contribution in [0.15, 0.2) is 18.3 Å². The molecular formula is C11H14N2O2. The molecule has 1 aliphatic carbocycles. The highest BCUT2D eigenvalue weighted by Crippen LogP contribution is 2.32. The maximum absolute atomic E-state index is 11.3. The second-order valence-corrected chi connectivity index (χ2v) is 3.89. The van der Waals surface area contributed by atoms with Gasteiger partial charge < -0.3 is 10.1 Å². The summed E-state index contributed by atoms with van der Waals surface area (Å²) in [6, 6.07) is 3.87. The molecule has 0 saturated heterocycles. The van der Waals surface area contributed by atoms with Gasteiger partial charge >= 0.3 is 5.97 Å². The van der Waals surface area contributed by atoms with Crippen LogP contribution in [0.2, 0.25) is 0 Å². The van der Waals surface area contributed by atoms with Crippen LogP contribution in [0.1, 0.15) is 23.7 Å². The average Bonchev–Trinajstić information content (AvgIpc) is 2.93. The molecule has 1 aromatic heterocycles. The van der Waals surface area contributed by atoms with Gasteiger partial charge in [-0.25, -0.2) is 9.78 Å². The van der Waals surface area contributed by atoms with Crippen LogP contribution in [0.3, 0.4) is 0 Å². The molecule has 4 heteroatoms. The van der Waals surface area contributed by atoms with Crippen molar-refractivity contribution in [1.82, 2.24) is 4.98 Å². The van der Waals surface area contributed by atoms with Gasteiger partial charge in [-0.05, 0) is 24.5 Å². The molecule has 2 unspecified atom stereocenters. The van der Waals surface area contributed by atoms with E-state index < -0.39 is 0 Å². The zero-order chi connectivity index (χ0) is 10.8. The minimum Gasteiger partial charge on any atom is -0.465 e. The Balaban J connectivity index is 2.08. The van der Waals surface area contributed by atoms with Gasteiger partial charge in [-0.1, -0.05) is 6.92 Å². The lowest BCUT2D eigenvalue weighted by molar-refractivity contribution is 0.0600. The summed E-state index contributed by atoms with van der Waals surface area (Å²) in [5.74, 6) is 1.12. The zero-order valence-corrected chi connectivity index (χ0v) is 8.86. The van der Waals surface area contributed by atoms with Gasteiger partial charge in [0.1, 0.15) is 5.82 Å². The van der Waals surface area contributed by atoms with Crippen molar-refractivity contribution in [3.8, 4) is 0 Å². The van der Waals surface area contributed by atoms with E-state index in [1.165, 1.54) is 13.5 Å². The quantitative estimate of drug-likeness (QED) is 0.764. The number of esters is 1. The molecule has 0 radical (unpaired) electrons. The van der Waals surface area contributed by atoms with E-state index in [9.17, 15) is 4.79 Å². The fraction of sp³-hybridized carbons (Fsp3) is 0.455. The molecule has 1 N–H and O–H groups in total. The highest BCUT2D eigenvalue weighted by Gasteiger charge is 2.32. The summed E-state index contributed by atoms with van der Waals surface area (Å²) < 4.78 is 4.64. The summed E-state index contributed by atoms with van der Waals surface area (Å²) in [5, 5.41) is 3.27. The van der Waals surface area contributed by atoms with Crippen LogP contribution in [0.25, 0.3) is 0 Å². The number of methoxy groups -OCH3 is 1. The van der Waals surface area contributed by atoms with Crippen molar-refractivity contribution in [2.24, 2.45) is 5.92 Å². The molecule has 2 atom stereocenters. The minimum absolute atomic E-state index is 0.329. The molecule has 0 aromatic carbocycles. The fourth-order valence-corrected chi connectivity index (χ4v) is 1.47. The summed E-state index contributed by atoms with van der Waals surface area (Å²) in [6.07, 6.45) is 2.78. The summed E-state index contributed by atoms with van der Waals surface area (Å²) in [4.78, 5) is 15.4. The Morgan fingerprint density at radius 3 is 3.00 bits per heavy atom. The Labute approximate surface area is 88.7 Å². The lowest BCUT2D eigenvalue weighted by Crippen LogP contribution is -2.07. The lowest BCUT2D eigenvalue weighted by Gasteiger charge is -2.05. The maximum Gasteiger partial charge on any atom is 0.338 e. The fourth-order valence-electron chi connectivity index (χ4n) is 1.47. The third kappa shape index (κ3) is 2.26. The van der Waals surface area contributed by atoms with Gasteiger partial charge in [0, 0.05) is 12.2 Å². The number of nitrogens with one attached hydrogen (secondary N) is 1. The first kappa shape index (κ1) is 9.96. The SMILES string of the molecule is COC(=O)c1ccnc(NC2CC2C)c1. The second kappa shape index (κ2) is 3.88. The van der Waals surface area contributed by atoms with Crippen LogP contribution in [0, 0.1) is 5.92 Å². The number of ether oxygens (including phenoxy) is 1. The Morgan fingerprint density at radius 2 is 2.40 bits per heavy atom. The van der Waals surface area contributed by atoms with Gasteiger partial charge in [0.25, 0.3) is 0 Å². The van der Waals surface area contributed by atoms with Crippen molar-refractivity contribution in [3.63, 3.8) is 0 Å². The van der Waals surface area contributed by atoms with Crippen LogP contribution in [0.4, 0.5) is 5.82 Å². The zero-order valence-electron chi connectivity index (χ0n) is 8.86. The Kier molecular flexibility index (Phi) is 2.58. The predicted octanol–water partition coefficient (Wildman–Crippen LogP) is 1.69. The Hall–Kier alpha value is -1.58. The number of aromatic nitrogens is 1. The van der Waals surface area contributed by atoms with Gasteiger partial charge in [0.05, 0.1) is 12.7 Å². The van der Waals surface area contributed by atoms with Crippen LogP contribution in [-0.2, 0) is 4.74 Å². The predicted molar refractivity (Wildman–Crippen MR) is 56.8 cm³/mol. The molecule has 15 heavy (non-hydrogen) atoms. The van der Waals surface area contributed by atoms with E-state index in [-0.39, 0.29) is 5.97 Å². The molecule has 1 aliphatic rings. The molecule has 80 valence electrons. The number of rotatable bonds is 3. The second-order valence-electron chi connectivity index (χ2n) is 3.89. The normalized spacial score (nSPS) is 23.3. The summed E-state index contributed by atoms with van der Waals surface area (Å²) in [5.41, 5.74) is 0.531. The smallest absolute Gasteiger partial charge is 0.338 e. The molecule has 2 rings (SSSR count). The molecule has 1 aromatic rings. The number of nitrogens with zero attached hydrogens (tertiary/aromatic N) is 1. The average molecular weight is 206 g/mol. The minimum atomic E-state index is -0.329. The van der Waals surface area contributed by atoms with Crippen molar-refractivity contribution >= 4 is 11.8 Å². The highest BCUT2D eigenvalue weighted by atomic mass is 16.5. The van der Waals surface area contributed by atoms with E-state index >= 15 is 0 Å². The lowest BCUT2D eigenvalue weighted by atomic mass is 10.2. The molecule has 1 saturated carbocycles. The molecular weight excluding hydrogens is 192 g/mol. The van der Waals surface area contributed by atoms with Crippen LogP contribution < -0.4 is 5.32 Å². The van der Waals surface area contributed by atoms with E-state index in [4.69, 9.17) is 0 Å². The van der Waals surface area contributed by atoms with E-state index in [0.717, 1.165) is 5.82 Å². The number of carbonyl (C=O) groups excluding carboxylic acids is 1. The first-order valence-electron chi connectivity index (χ1n) is 5.01. The molecule has 0 bridgehead atoms. The Morgan fingerprint density at radius 1 is 1.67 bits per heavy atom. The number of pyridine rings is 1. The third-order valence-electron chi connectivity index (χ3n) is 2.62. The highest BCUT2D eigenvalue weighted by molar-refractivity contribution is 5.89. The third-order valence-corrected chi connectivity index (χ3v) is 2.62.